The smallest absolute Gasteiger partial charge is 0.309 e. The second-order valence-corrected chi connectivity index (χ2v) is 13.5. The second kappa shape index (κ2) is 9.89. The number of rotatable bonds is 6. The number of aliphatic hydroxyl groups is 4. The minimum Gasteiger partial charge on any atom is -0.465 e. The summed E-state index contributed by atoms with van der Waals surface area (Å²) in [6, 6.07) is 0. The molecule has 4 rings (SSSR count). The van der Waals surface area contributed by atoms with Crippen LogP contribution in [0.4, 0.5) is 0 Å². The topological polar surface area (TPSA) is 107 Å². The first-order chi connectivity index (χ1) is 16.4. The predicted molar refractivity (Wildman–Crippen MR) is 134 cm³/mol. The maximum absolute atomic E-state index is 13.0. The summed E-state index contributed by atoms with van der Waals surface area (Å²) in [5.74, 6) is 1.01. The van der Waals surface area contributed by atoms with Gasteiger partial charge in [0.15, 0.2) is 0 Å². The summed E-state index contributed by atoms with van der Waals surface area (Å²) in [5.41, 5.74) is -0.348. The van der Waals surface area contributed by atoms with Gasteiger partial charge in [-0.3, -0.25) is 4.79 Å². The Bertz CT molecular complexity index is 772. The maximum Gasteiger partial charge on any atom is 0.309 e. The molecule has 6 heteroatoms. The number of carbonyl (C=O) groups excluding carboxylic acids is 1. The minimum absolute atomic E-state index is 0.00799. The zero-order valence-electron chi connectivity index (χ0n) is 22.7. The number of esters is 1. The van der Waals surface area contributed by atoms with Crippen molar-refractivity contribution in [3.63, 3.8) is 0 Å². The molecule has 0 radical (unpaired) electrons. The molecule has 4 aliphatic rings. The van der Waals surface area contributed by atoms with Crippen molar-refractivity contribution >= 4 is 5.97 Å². The highest BCUT2D eigenvalue weighted by molar-refractivity contribution is 5.74. The van der Waals surface area contributed by atoms with E-state index in [2.05, 4.69) is 34.6 Å². The monoisotopic (exact) mass is 494 g/mol. The zero-order valence-corrected chi connectivity index (χ0v) is 22.7. The van der Waals surface area contributed by atoms with Crippen LogP contribution in [0.1, 0.15) is 86.5 Å². The molecule has 4 N–H and O–H groups in total. The summed E-state index contributed by atoms with van der Waals surface area (Å²) in [6.07, 6.45) is 2.61. The molecule has 6 nitrogen and oxygen atoms in total. The summed E-state index contributed by atoms with van der Waals surface area (Å²) in [4.78, 5) is 13.0. The quantitative estimate of drug-likeness (QED) is 0.419. The van der Waals surface area contributed by atoms with Gasteiger partial charge >= 0.3 is 5.97 Å². The highest BCUT2D eigenvalue weighted by Crippen LogP contribution is 2.66. The van der Waals surface area contributed by atoms with E-state index in [1.165, 1.54) is 0 Å². The van der Waals surface area contributed by atoms with E-state index in [0.717, 1.165) is 32.1 Å². The molecule has 0 aromatic heterocycles. The largest absolute Gasteiger partial charge is 0.465 e. The van der Waals surface area contributed by atoms with Crippen molar-refractivity contribution in [2.75, 3.05) is 6.61 Å². The Morgan fingerprint density at radius 1 is 0.971 bits per heavy atom. The fraction of sp³-hybridized carbons (Fsp3) is 0.966. The predicted octanol–water partition coefficient (Wildman–Crippen LogP) is 3.78. The Morgan fingerprint density at radius 2 is 1.63 bits per heavy atom. The van der Waals surface area contributed by atoms with Gasteiger partial charge in [0.2, 0.25) is 0 Å². The Labute approximate surface area is 211 Å². The van der Waals surface area contributed by atoms with E-state index in [4.69, 9.17) is 4.74 Å². The van der Waals surface area contributed by atoms with Crippen LogP contribution in [-0.2, 0) is 9.53 Å². The third-order valence-corrected chi connectivity index (χ3v) is 12.0. The number of ether oxygens (including phenoxy) is 1. The van der Waals surface area contributed by atoms with Crippen molar-refractivity contribution in [3.8, 4) is 0 Å². The molecule has 0 unspecified atom stereocenters. The van der Waals surface area contributed by atoms with E-state index < -0.39 is 24.4 Å². The number of fused-ring (bicyclic) bond motifs is 5. The molecule has 1 aliphatic heterocycles. The number of hydrogen-bond donors (Lipinski definition) is 4. The van der Waals surface area contributed by atoms with Crippen LogP contribution in [-0.4, -0.2) is 57.4 Å². The summed E-state index contributed by atoms with van der Waals surface area (Å²) >= 11 is 0. The van der Waals surface area contributed by atoms with Crippen LogP contribution < -0.4 is 0 Å². The molecule has 0 aromatic rings. The van der Waals surface area contributed by atoms with Crippen LogP contribution in [0, 0.1) is 58.2 Å². The van der Waals surface area contributed by atoms with Gasteiger partial charge in [-0.05, 0) is 90.8 Å². The summed E-state index contributed by atoms with van der Waals surface area (Å²) in [7, 11) is 0. The molecule has 0 spiro atoms. The van der Waals surface area contributed by atoms with Crippen LogP contribution in [0.3, 0.4) is 0 Å². The van der Waals surface area contributed by atoms with Gasteiger partial charge < -0.3 is 25.2 Å². The fourth-order valence-corrected chi connectivity index (χ4v) is 9.26. The second-order valence-electron chi connectivity index (χ2n) is 13.5. The first kappa shape index (κ1) is 27.3. The molecule has 1 saturated heterocycles. The number of cyclic esters (lactones) is 1. The summed E-state index contributed by atoms with van der Waals surface area (Å²) < 4.78 is 5.87. The third-order valence-electron chi connectivity index (χ3n) is 12.0. The van der Waals surface area contributed by atoms with E-state index in [0.29, 0.717) is 30.8 Å². The molecular weight excluding hydrogens is 444 g/mol. The Kier molecular flexibility index (Phi) is 7.72. The lowest BCUT2D eigenvalue weighted by Crippen LogP contribution is -2.55. The lowest BCUT2D eigenvalue weighted by molar-refractivity contribution is -0.162. The molecule has 0 bridgehead atoms. The van der Waals surface area contributed by atoms with Crippen molar-refractivity contribution in [1.29, 1.82) is 0 Å². The zero-order chi connectivity index (χ0) is 25.9. The standard InChI is InChI=1S/C29H50O6/c1-7-15(2)16(3)25(32)26(33)17(4)19-8-9-20-18-14-35-27(34)22-12-23(30)24(31)13-29(22,6)21(18)10-11-28(19,20)5/h15-26,30-33H,7-14H2,1-6H3/t15-,16+,17+,18+,19-,20+,21+,22-,23+,24-,25-,26-,28-,29-/m1/s1. The van der Waals surface area contributed by atoms with Crippen molar-refractivity contribution in [2.24, 2.45) is 58.2 Å². The SMILES string of the molecule is CC[C@@H](C)[C@H](C)[C@@H](O)[C@H](O)[C@@H](C)[C@H]1CC[C@H]2[C@@H]3COC(=O)[C@H]4C[C@H](O)[C@H](O)C[C@]4(C)[C@H]3CC[C@]12C. The van der Waals surface area contributed by atoms with Gasteiger partial charge in [-0.2, -0.15) is 0 Å². The molecule has 14 atom stereocenters. The average molecular weight is 495 g/mol. The van der Waals surface area contributed by atoms with Gasteiger partial charge in [-0.1, -0.05) is 48.0 Å². The normalized spacial score (nSPS) is 47.8. The van der Waals surface area contributed by atoms with Crippen LogP contribution in [0.25, 0.3) is 0 Å². The molecule has 4 fully saturated rings. The lowest BCUT2D eigenvalue weighted by atomic mass is 9.48. The summed E-state index contributed by atoms with van der Waals surface area (Å²) in [6.45, 7) is 13.4. The number of aliphatic hydroxyl groups excluding tert-OH is 4. The molecule has 0 aromatic carbocycles. The van der Waals surface area contributed by atoms with E-state index in [1.54, 1.807) is 0 Å². The van der Waals surface area contributed by atoms with Crippen molar-refractivity contribution in [3.05, 3.63) is 0 Å². The first-order valence-electron chi connectivity index (χ1n) is 14.3. The Morgan fingerprint density at radius 3 is 2.29 bits per heavy atom. The molecule has 3 saturated carbocycles. The fourth-order valence-electron chi connectivity index (χ4n) is 9.26. The van der Waals surface area contributed by atoms with Gasteiger partial charge in [0.25, 0.3) is 0 Å². The minimum atomic E-state index is -0.867. The van der Waals surface area contributed by atoms with Crippen LogP contribution in [0.15, 0.2) is 0 Å². The van der Waals surface area contributed by atoms with Crippen molar-refractivity contribution in [2.45, 2.75) is 111 Å². The van der Waals surface area contributed by atoms with Crippen LogP contribution >= 0.6 is 0 Å². The van der Waals surface area contributed by atoms with Crippen LogP contribution in [0.5, 0.6) is 0 Å². The molecule has 0 amide bonds. The van der Waals surface area contributed by atoms with E-state index >= 15 is 0 Å². The molecule has 202 valence electrons. The first-order valence-corrected chi connectivity index (χ1v) is 14.3. The third kappa shape index (κ3) is 4.38. The Balaban J connectivity index is 1.56. The highest BCUT2D eigenvalue weighted by Gasteiger charge is 2.63. The number of hydrogen-bond acceptors (Lipinski definition) is 6. The highest BCUT2D eigenvalue weighted by atomic mass is 16.5. The van der Waals surface area contributed by atoms with Crippen molar-refractivity contribution in [1.82, 2.24) is 0 Å². The van der Waals surface area contributed by atoms with Crippen molar-refractivity contribution < 1.29 is 30.0 Å². The average Bonchev–Trinajstić information content (AvgIpc) is 3.14. The van der Waals surface area contributed by atoms with E-state index in [9.17, 15) is 25.2 Å². The van der Waals surface area contributed by atoms with Gasteiger partial charge in [0.1, 0.15) is 0 Å². The van der Waals surface area contributed by atoms with Gasteiger partial charge in [-0.25, -0.2) is 0 Å². The molecule has 35 heavy (non-hydrogen) atoms. The number of carbonyl (C=O) groups is 1. The summed E-state index contributed by atoms with van der Waals surface area (Å²) in [5, 5.41) is 43.1. The molecule has 3 aliphatic carbocycles. The molecular formula is C29H50O6. The van der Waals surface area contributed by atoms with E-state index in [1.807, 2.05) is 6.92 Å². The van der Waals surface area contributed by atoms with Crippen LogP contribution in [0.2, 0.25) is 0 Å². The van der Waals surface area contributed by atoms with Gasteiger partial charge in [-0.15, -0.1) is 0 Å². The van der Waals surface area contributed by atoms with Gasteiger partial charge in [0, 0.05) is 0 Å². The van der Waals surface area contributed by atoms with E-state index in [-0.39, 0.29) is 52.8 Å². The Hall–Kier alpha value is -0.690. The lowest BCUT2D eigenvalue weighted by Gasteiger charge is -2.56. The van der Waals surface area contributed by atoms with Gasteiger partial charge in [0.05, 0.1) is 36.9 Å². The maximum atomic E-state index is 13.0. The molecule has 1 heterocycles.